The van der Waals surface area contributed by atoms with Crippen molar-refractivity contribution in [3.05, 3.63) is 152 Å². The first-order chi connectivity index (χ1) is 29.1. The monoisotopic (exact) mass is 775 g/mol. The molecule has 0 aliphatic heterocycles. The standard InChI is InChI=1S/C50H41B8NS/c51-41-39(34-19-8-12-26-10-1-3-16-31(26)34)42(52)46(56)49(45(41)55)59(30-15-7-14-28(24-30)29-22-23-38-36(25-29)33-18-5-6-21-37(33)60-38)50-47(57)43(53)40(44(54)48(50)58)35-20-9-13-27-11-2-4-17-32(27)35/h1-25H,51-58H2. The van der Waals surface area contributed by atoms with Crippen molar-refractivity contribution in [1.29, 1.82) is 0 Å². The van der Waals surface area contributed by atoms with Gasteiger partial charge >= 0.3 is 0 Å². The highest BCUT2D eigenvalue weighted by molar-refractivity contribution is 7.25. The van der Waals surface area contributed by atoms with Crippen LogP contribution in [0.25, 0.3) is 75.1 Å². The van der Waals surface area contributed by atoms with Gasteiger partial charge in [0.05, 0.1) is 0 Å². The molecule has 10 heteroatoms. The summed E-state index contributed by atoms with van der Waals surface area (Å²) < 4.78 is 2.65. The molecule has 1 heterocycles. The second kappa shape index (κ2) is 14.9. The average Bonchev–Trinajstić information content (AvgIpc) is 3.65. The van der Waals surface area contributed by atoms with Crippen LogP contribution in [-0.2, 0) is 0 Å². The number of fused-ring (bicyclic) bond motifs is 5. The van der Waals surface area contributed by atoms with Gasteiger partial charge in [-0.15, -0.1) is 11.3 Å². The van der Waals surface area contributed by atoms with E-state index >= 15 is 0 Å². The zero-order chi connectivity index (χ0) is 41.4. The molecule has 0 aliphatic rings. The maximum absolute atomic E-state index is 2.61. The summed E-state index contributed by atoms with van der Waals surface area (Å²) in [5.41, 5.74) is 21.8. The van der Waals surface area contributed by atoms with E-state index in [-0.39, 0.29) is 0 Å². The van der Waals surface area contributed by atoms with Crippen molar-refractivity contribution >= 4 is 177 Å². The van der Waals surface area contributed by atoms with E-state index in [1.165, 1.54) is 130 Å². The van der Waals surface area contributed by atoms with Crippen LogP contribution in [0.1, 0.15) is 0 Å². The van der Waals surface area contributed by atoms with Crippen LogP contribution in [0.4, 0.5) is 17.1 Å². The van der Waals surface area contributed by atoms with E-state index < -0.39 is 0 Å². The number of nitrogens with zero attached hydrogens (tertiary/aromatic N) is 1. The Morgan fingerprint density at radius 2 is 0.767 bits per heavy atom. The van der Waals surface area contributed by atoms with Crippen LogP contribution in [0.5, 0.6) is 0 Å². The Bertz CT molecular complexity index is 3180. The van der Waals surface area contributed by atoms with Gasteiger partial charge in [-0.2, -0.15) is 0 Å². The molecule has 0 unspecified atom stereocenters. The quantitative estimate of drug-likeness (QED) is 0.228. The summed E-state index contributed by atoms with van der Waals surface area (Å²) >= 11 is 1.87. The Balaban J connectivity index is 1.23. The van der Waals surface area contributed by atoms with Crippen molar-refractivity contribution < 1.29 is 0 Å². The molecule has 0 atom stereocenters. The zero-order valence-corrected chi connectivity index (χ0v) is 36.6. The van der Waals surface area contributed by atoms with Gasteiger partial charge in [0, 0.05) is 37.2 Å². The van der Waals surface area contributed by atoms with Gasteiger partial charge in [0.25, 0.3) is 0 Å². The first-order valence-electron chi connectivity index (χ1n) is 21.1. The third kappa shape index (κ3) is 6.02. The second-order valence-electron chi connectivity index (χ2n) is 16.7. The summed E-state index contributed by atoms with van der Waals surface area (Å²) in [6, 6.07) is 56.1. The molecular weight excluding hydrogens is 733 g/mol. The normalized spacial score (nSPS) is 11.5. The van der Waals surface area contributed by atoms with Crippen LogP contribution in [0.15, 0.2) is 152 Å². The Morgan fingerprint density at radius 3 is 1.32 bits per heavy atom. The predicted octanol–water partition coefficient (Wildman–Crippen LogP) is 0.899. The Labute approximate surface area is 364 Å². The van der Waals surface area contributed by atoms with Crippen LogP contribution in [0, 0.1) is 0 Å². The smallest absolute Gasteiger partial charge is 0.141 e. The van der Waals surface area contributed by atoms with Gasteiger partial charge in [0.15, 0.2) is 0 Å². The van der Waals surface area contributed by atoms with E-state index in [0.29, 0.717) is 0 Å². The van der Waals surface area contributed by atoms with Gasteiger partial charge in [-0.25, -0.2) is 0 Å². The molecule has 0 saturated carbocycles. The summed E-state index contributed by atoms with van der Waals surface area (Å²) in [5.74, 6) is 0. The Kier molecular flexibility index (Phi) is 9.53. The van der Waals surface area contributed by atoms with Crippen molar-refractivity contribution in [2.24, 2.45) is 0 Å². The van der Waals surface area contributed by atoms with E-state index in [2.05, 4.69) is 219 Å². The molecule has 0 fully saturated rings. The fourth-order valence-electron chi connectivity index (χ4n) is 10.1. The summed E-state index contributed by atoms with van der Waals surface area (Å²) in [5, 5.41) is 7.76. The lowest BCUT2D eigenvalue weighted by Crippen LogP contribution is -2.50. The number of thiophene rings is 1. The van der Waals surface area contributed by atoms with E-state index in [1.54, 1.807) is 0 Å². The molecule has 1 nitrogen and oxygen atoms in total. The van der Waals surface area contributed by atoms with Crippen molar-refractivity contribution in [3.63, 3.8) is 0 Å². The minimum Gasteiger partial charge on any atom is -0.313 e. The number of rotatable bonds is 6. The van der Waals surface area contributed by atoms with Crippen LogP contribution in [0.2, 0.25) is 0 Å². The SMILES string of the molecule is Bc1c(B)c(N(c2cccc(-c3ccc4sc5ccccc5c4c3)c2)c2c(B)c(B)c(-c3cccc4ccccc34)c(B)c2B)c(B)c(B)c1-c1cccc2ccccc12. The van der Waals surface area contributed by atoms with Crippen LogP contribution in [0.3, 0.4) is 0 Å². The molecule has 0 saturated heterocycles. The average molecular weight is 774 g/mol. The molecule has 1 aromatic heterocycles. The maximum atomic E-state index is 2.61. The van der Waals surface area contributed by atoms with Gasteiger partial charge in [-0.1, -0.05) is 165 Å². The number of hydrogen-bond acceptors (Lipinski definition) is 2. The molecule has 0 amide bonds. The first kappa shape index (κ1) is 38.3. The van der Waals surface area contributed by atoms with Gasteiger partial charge in [0.1, 0.15) is 62.8 Å². The third-order valence-corrected chi connectivity index (χ3v) is 14.7. The van der Waals surface area contributed by atoms with Gasteiger partial charge < -0.3 is 4.90 Å². The summed E-state index contributed by atoms with van der Waals surface area (Å²) in [6.45, 7) is 0. The van der Waals surface area contributed by atoms with Crippen LogP contribution in [-0.4, -0.2) is 62.8 Å². The molecule has 0 aliphatic carbocycles. The molecule has 0 N–H and O–H groups in total. The highest BCUT2D eigenvalue weighted by Gasteiger charge is 2.27. The van der Waals surface area contributed by atoms with Crippen molar-refractivity contribution in [2.75, 3.05) is 4.90 Å². The number of benzene rings is 9. The van der Waals surface area contributed by atoms with Gasteiger partial charge in [-0.3, -0.25) is 0 Å². The van der Waals surface area contributed by atoms with Crippen LogP contribution < -0.4 is 48.6 Å². The third-order valence-electron chi connectivity index (χ3n) is 13.6. The molecule has 276 valence electrons. The van der Waals surface area contributed by atoms with Crippen LogP contribution >= 0.6 is 11.3 Å². The topological polar surface area (TPSA) is 3.24 Å². The van der Waals surface area contributed by atoms with E-state index in [1.807, 2.05) is 11.3 Å². The number of anilines is 3. The predicted molar refractivity (Wildman–Crippen MR) is 291 cm³/mol. The van der Waals surface area contributed by atoms with E-state index in [4.69, 9.17) is 0 Å². The summed E-state index contributed by atoms with van der Waals surface area (Å²) in [6.07, 6.45) is 0. The molecule has 60 heavy (non-hydrogen) atoms. The van der Waals surface area contributed by atoms with E-state index in [9.17, 15) is 0 Å². The lowest BCUT2D eigenvalue weighted by Gasteiger charge is -2.37. The molecular formula is C50H41B8NS. The maximum Gasteiger partial charge on any atom is 0.141 e. The van der Waals surface area contributed by atoms with E-state index in [0.717, 1.165) is 5.69 Å². The van der Waals surface area contributed by atoms with Gasteiger partial charge in [-0.05, 0) is 85.3 Å². The Hall–Kier alpha value is -5.96. The van der Waals surface area contributed by atoms with Crippen molar-refractivity contribution in [1.82, 2.24) is 0 Å². The minimum absolute atomic E-state index is 1.16. The highest BCUT2D eigenvalue weighted by Crippen LogP contribution is 2.39. The molecule has 0 bridgehead atoms. The van der Waals surface area contributed by atoms with Gasteiger partial charge in [0.2, 0.25) is 0 Å². The molecule has 10 aromatic rings. The fraction of sp³-hybridized carbons (Fsp3) is 0. The minimum atomic E-state index is 1.16. The molecule has 0 radical (unpaired) electrons. The second-order valence-corrected chi connectivity index (χ2v) is 17.8. The van der Waals surface area contributed by atoms with Crippen molar-refractivity contribution in [2.45, 2.75) is 0 Å². The summed E-state index contributed by atoms with van der Waals surface area (Å²) in [7, 11) is 18.7. The number of hydrogen-bond donors (Lipinski definition) is 0. The first-order valence-corrected chi connectivity index (χ1v) is 21.9. The fourth-order valence-corrected chi connectivity index (χ4v) is 11.1. The zero-order valence-electron chi connectivity index (χ0n) is 35.8. The molecule has 9 aromatic carbocycles. The Morgan fingerprint density at radius 1 is 0.333 bits per heavy atom. The largest absolute Gasteiger partial charge is 0.313 e. The summed E-state index contributed by atoms with van der Waals surface area (Å²) in [4.78, 5) is 2.61. The molecule has 10 rings (SSSR count). The molecule has 0 spiro atoms. The van der Waals surface area contributed by atoms with Crippen molar-refractivity contribution in [3.8, 4) is 33.4 Å². The lowest BCUT2D eigenvalue weighted by molar-refractivity contribution is 1.33. The lowest BCUT2D eigenvalue weighted by atomic mass is 9.62. The highest BCUT2D eigenvalue weighted by atomic mass is 32.1.